The minimum Gasteiger partial charge on any atom is -0.380 e. The van der Waals surface area contributed by atoms with Crippen LogP contribution >= 0.6 is 0 Å². The summed E-state index contributed by atoms with van der Waals surface area (Å²) in [6.45, 7) is 4.77. The molecule has 0 spiro atoms. The first kappa shape index (κ1) is 10.0. The van der Waals surface area contributed by atoms with Gasteiger partial charge in [0.1, 0.15) is 0 Å². The molecule has 1 aliphatic rings. The molecule has 0 radical (unpaired) electrons. The molecule has 0 bridgehead atoms. The number of nitrogens with zero attached hydrogens (tertiary/aromatic N) is 1. The lowest BCUT2D eigenvalue weighted by Gasteiger charge is -2.20. The van der Waals surface area contributed by atoms with Crippen LogP contribution in [0.4, 0.5) is 11.4 Å². The molecule has 80 valence electrons. The van der Waals surface area contributed by atoms with Gasteiger partial charge >= 0.3 is 0 Å². The summed E-state index contributed by atoms with van der Waals surface area (Å²) in [5.41, 5.74) is 2.05. The van der Waals surface area contributed by atoms with Gasteiger partial charge in [0.15, 0.2) is 0 Å². The van der Waals surface area contributed by atoms with Crippen LogP contribution in [0.3, 0.4) is 0 Å². The zero-order valence-corrected chi connectivity index (χ0v) is 9.16. The molecule has 0 fully saturated rings. The summed E-state index contributed by atoms with van der Waals surface area (Å²) in [6, 6.07) is 8.17. The predicted molar refractivity (Wildman–Crippen MR) is 62.2 cm³/mol. The molecular weight excluding hydrogens is 188 g/mol. The molecule has 1 N–H and O–H groups in total. The Kier molecular flexibility index (Phi) is 2.62. The highest BCUT2D eigenvalue weighted by Crippen LogP contribution is 2.29. The standard InChI is InChI=1S/C12H16N2O/c1-3-14-11-7-5-4-6-10(11)13-9(2)8-12(14)15/h4-7,9,13H,3,8H2,1-2H3/t9-/m0/s1. The quantitative estimate of drug-likeness (QED) is 0.761. The van der Waals surface area contributed by atoms with Gasteiger partial charge in [-0.15, -0.1) is 0 Å². The fraction of sp³-hybridized carbons (Fsp3) is 0.417. The largest absolute Gasteiger partial charge is 0.380 e. The molecule has 15 heavy (non-hydrogen) atoms. The van der Waals surface area contributed by atoms with E-state index in [-0.39, 0.29) is 11.9 Å². The van der Waals surface area contributed by atoms with Crippen molar-refractivity contribution >= 4 is 17.3 Å². The van der Waals surface area contributed by atoms with Crippen LogP contribution in [0.2, 0.25) is 0 Å². The molecular formula is C12H16N2O. The normalized spacial score (nSPS) is 20.5. The first-order chi connectivity index (χ1) is 7.22. The average molecular weight is 204 g/mol. The van der Waals surface area contributed by atoms with E-state index in [1.807, 2.05) is 43.0 Å². The van der Waals surface area contributed by atoms with E-state index in [2.05, 4.69) is 5.32 Å². The Labute approximate surface area is 90.1 Å². The average Bonchev–Trinajstić information content (AvgIpc) is 2.32. The summed E-state index contributed by atoms with van der Waals surface area (Å²) >= 11 is 0. The predicted octanol–water partition coefficient (Wildman–Crippen LogP) is 2.24. The van der Waals surface area contributed by atoms with Crippen LogP contribution in [0.15, 0.2) is 24.3 Å². The number of benzene rings is 1. The Morgan fingerprint density at radius 3 is 2.93 bits per heavy atom. The van der Waals surface area contributed by atoms with Gasteiger partial charge in [-0.25, -0.2) is 0 Å². The number of carbonyl (C=O) groups excluding carboxylic acids is 1. The Balaban J connectivity index is 2.46. The van der Waals surface area contributed by atoms with Crippen LogP contribution in [-0.4, -0.2) is 18.5 Å². The number of fused-ring (bicyclic) bond motifs is 1. The first-order valence-electron chi connectivity index (χ1n) is 5.38. The highest BCUT2D eigenvalue weighted by Gasteiger charge is 2.23. The van der Waals surface area contributed by atoms with Crippen molar-refractivity contribution in [3.05, 3.63) is 24.3 Å². The molecule has 1 heterocycles. The van der Waals surface area contributed by atoms with Crippen molar-refractivity contribution in [2.75, 3.05) is 16.8 Å². The lowest BCUT2D eigenvalue weighted by Crippen LogP contribution is -2.31. The number of hydrogen-bond donors (Lipinski definition) is 1. The molecule has 1 aliphatic heterocycles. The smallest absolute Gasteiger partial charge is 0.229 e. The minimum atomic E-state index is 0.197. The SMILES string of the molecule is CCN1C(=O)C[C@H](C)Nc2ccccc21. The van der Waals surface area contributed by atoms with Crippen molar-refractivity contribution in [1.82, 2.24) is 0 Å². The zero-order chi connectivity index (χ0) is 10.8. The second-order valence-electron chi connectivity index (χ2n) is 3.90. The molecule has 0 saturated heterocycles. The van der Waals surface area contributed by atoms with E-state index in [1.165, 1.54) is 0 Å². The molecule has 0 aliphatic carbocycles. The Morgan fingerprint density at radius 2 is 2.20 bits per heavy atom. The molecule has 0 aromatic heterocycles. The topological polar surface area (TPSA) is 32.3 Å². The monoisotopic (exact) mass is 204 g/mol. The van der Waals surface area contributed by atoms with Gasteiger partial charge in [-0.2, -0.15) is 0 Å². The van der Waals surface area contributed by atoms with E-state index in [4.69, 9.17) is 0 Å². The zero-order valence-electron chi connectivity index (χ0n) is 9.16. The summed E-state index contributed by atoms with van der Waals surface area (Å²) < 4.78 is 0. The maximum absolute atomic E-state index is 11.9. The third kappa shape index (κ3) is 1.82. The molecule has 1 amide bonds. The third-order valence-electron chi connectivity index (χ3n) is 2.69. The van der Waals surface area contributed by atoms with E-state index in [9.17, 15) is 4.79 Å². The lowest BCUT2D eigenvalue weighted by atomic mass is 10.2. The molecule has 0 unspecified atom stereocenters. The van der Waals surface area contributed by atoms with E-state index in [1.54, 1.807) is 0 Å². The van der Waals surface area contributed by atoms with Gasteiger partial charge in [0.2, 0.25) is 5.91 Å². The first-order valence-corrected chi connectivity index (χ1v) is 5.38. The van der Waals surface area contributed by atoms with Gasteiger partial charge < -0.3 is 10.2 Å². The van der Waals surface area contributed by atoms with Crippen molar-refractivity contribution in [1.29, 1.82) is 0 Å². The van der Waals surface area contributed by atoms with Crippen molar-refractivity contribution in [3.63, 3.8) is 0 Å². The second-order valence-corrected chi connectivity index (χ2v) is 3.90. The van der Waals surface area contributed by atoms with Crippen molar-refractivity contribution in [2.45, 2.75) is 26.3 Å². The molecule has 3 heteroatoms. The third-order valence-corrected chi connectivity index (χ3v) is 2.69. The number of rotatable bonds is 1. The molecule has 1 aromatic rings. The van der Waals surface area contributed by atoms with Crippen LogP contribution in [0.5, 0.6) is 0 Å². The number of carbonyl (C=O) groups is 1. The highest BCUT2D eigenvalue weighted by molar-refractivity contribution is 5.98. The maximum Gasteiger partial charge on any atom is 0.229 e. The number of anilines is 2. The van der Waals surface area contributed by atoms with Crippen LogP contribution in [0.25, 0.3) is 0 Å². The van der Waals surface area contributed by atoms with Gasteiger partial charge in [-0.3, -0.25) is 4.79 Å². The van der Waals surface area contributed by atoms with Crippen molar-refractivity contribution in [3.8, 4) is 0 Å². The minimum absolute atomic E-state index is 0.197. The van der Waals surface area contributed by atoms with Gasteiger partial charge in [0, 0.05) is 19.0 Å². The van der Waals surface area contributed by atoms with E-state index >= 15 is 0 Å². The number of para-hydroxylation sites is 2. The summed E-state index contributed by atoms with van der Waals surface area (Å²) in [4.78, 5) is 13.7. The van der Waals surface area contributed by atoms with Crippen LogP contribution in [-0.2, 0) is 4.79 Å². The van der Waals surface area contributed by atoms with E-state index in [0.29, 0.717) is 6.42 Å². The summed E-state index contributed by atoms with van der Waals surface area (Å²) in [7, 11) is 0. The van der Waals surface area contributed by atoms with Crippen LogP contribution in [0.1, 0.15) is 20.3 Å². The number of nitrogens with one attached hydrogen (secondary N) is 1. The Hall–Kier alpha value is -1.51. The van der Waals surface area contributed by atoms with Gasteiger partial charge in [-0.05, 0) is 26.0 Å². The highest BCUT2D eigenvalue weighted by atomic mass is 16.2. The number of hydrogen-bond acceptors (Lipinski definition) is 2. The van der Waals surface area contributed by atoms with Gasteiger partial charge in [-0.1, -0.05) is 12.1 Å². The molecule has 1 aromatic carbocycles. The lowest BCUT2D eigenvalue weighted by molar-refractivity contribution is -0.118. The summed E-state index contributed by atoms with van der Waals surface area (Å²) in [6.07, 6.45) is 0.558. The molecule has 1 atom stereocenters. The van der Waals surface area contributed by atoms with Crippen molar-refractivity contribution < 1.29 is 4.79 Å². The summed E-state index contributed by atoms with van der Waals surface area (Å²) in [5, 5.41) is 3.35. The van der Waals surface area contributed by atoms with E-state index in [0.717, 1.165) is 17.9 Å². The van der Waals surface area contributed by atoms with Crippen molar-refractivity contribution in [2.24, 2.45) is 0 Å². The maximum atomic E-state index is 11.9. The Bertz CT molecular complexity index is 376. The Morgan fingerprint density at radius 1 is 1.47 bits per heavy atom. The van der Waals surface area contributed by atoms with E-state index < -0.39 is 0 Å². The molecule has 2 rings (SSSR count). The molecule has 0 saturated carbocycles. The van der Waals surface area contributed by atoms with Gasteiger partial charge in [0.05, 0.1) is 11.4 Å². The second kappa shape index (κ2) is 3.93. The van der Waals surface area contributed by atoms with Crippen LogP contribution < -0.4 is 10.2 Å². The van der Waals surface area contributed by atoms with Gasteiger partial charge in [0.25, 0.3) is 0 Å². The molecule has 3 nitrogen and oxygen atoms in total. The fourth-order valence-corrected chi connectivity index (χ4v) is 2.00. The number of amides is 1. The summed E-state index contributed by atoms with van der Waals surface area (Å²) in [5.74, 6) is 0.197. The van der Waals surface area contributed by atoms with Crippen LogP contribution in [0, 0.1) is 0 Å². The fourth-order valence-electron chi connectivity index (χ4n) is 2.00.